The standard InChI is InChI=1S/C19H19ClO/c1-15-10-11-19(17(13-15)8-5-6-12-20)21-14-18-9-4-3-7-16(18)2/h3-4,7,9-11,13H,6,12,14H2,1-2H3. The Bertz CT molecular complexity index is 665. The molecule has 2 aromatic rings. The molecule has 1 nitrogen and oxygen atoms in total. The molecule has 0 aliphatic carbocycles. The zero-order chi connectivity index (χ0) is 15.1. The Hall–Kier alpha value is -1.91. The van der Waals surface area contributed by atoms with Crippen LogP contribution < -0.4 is 4.74 Å². The largest absolute Gasteiger partial charge is 0.488 e. The zero-order valence-corrected chi connectivity index (χ0v) is 13.2. The van der Waals surface area contributed by atoms with Crippen molar-refractivity contribution in [3.05, 3.63) is 64.7 Å². The Morgan fingerprint density at radius 1 is 1.10 bits per heavy atom. The minimum atomic E-state index is 0.554. The van der Waals surface area contributed by atoms with E-state index in [1.54, 1.807) is 0 Å². The normalized spacial score (nSPS) is 9.86. The molecular formula is C19H19ClO. The third-order valence-corrected chi connectivity index (χ3v) is 3.41. The summed E-state index contributed by atoms with van der Waals surface area (Å²) in [6.45, 7) is 4.70. The van der Waals surface area contributed by atoms with Gasteiger partial charge in [0.05, 0.1) is 5.56 Å². The highest BCUT2D eigenvalue weighted by Gasteiger charge is 2.04. The lowest BCUT2D eigenvalue weighted by molar-refractivity contribution is 0.304. The third kappa shape index (κ3) is 4.55. The number of halogens is 1. The number of rotatable bonds is 4. The highest BCUT2D eigenvalue weighted by Crippen LogP contribution is 2.21. The van der Waals surface area contributed by atoms with Gasteiger partial charge in [0.15, 0.2) is 0 Å². The third-order valence-electron chi connectivity index (χ3n) is 3.22. The fourth-order valence-electron chi connectivity index (χ4n) is 2.00. The molecule has 21 heavy (non-hydrogen) atoms. The molecule has 0 bridgehead atoms. The highest BCUT2D eigenvalue weighted by molar-refractivity contribution is 6.18. The fraction of sp³-hybridized carbons (Fsp3) is 0.263. The lowest BCUT2D eigenvalue weighted by Crippen LogP contribution is -1.99. The Kier molecular flexibility index (Phi) is 5.72. The van der Waals surface area contributed by atoms with Crippen LogP contribution in [-0.4, -0.2) is 5.88 Å². The smallest absolute Gasteiger partial charge is 0.135 e. The van der Waals surface area contributed by atoms with Crippen LogP contribution in [-0.2, 0) is 6.61 Å². The molecule has 108 valence electrons. The van der Waals surface area contributed by atoms with Crippen molar-refractivity contribution in [1.82, 2.24) is 0 Å². The minimum absolute atomic E-state index is 0.554. The molecule has 0 N–H and O–H groups in total. The number of aryl methyl sites for hydroxylation is 2. The number of hydrogen-bond donors (Lipinski definition) is 0. The molecule has 2 heteroatoms. The molecule has 0 heterocycles. The molecular weight excluding hydrogens is 280 g/mol. The second-order valence-corrected chi connectivity index (χ2v) is 5.33. The van der Waals surface area contributed by atoms with Crippen LogP contribution in [0.15, 0.2) is 42.5 Å². The van der Waals surface area contributed by atoms with Crippen molar-refractivity contribution in [3.63, 3.8) is 0 Å². The monoisotopic (exact) mass is 298 g/mol. The number of ether oxygens (including phenoxy) is 1. The van der Waals surface area contributed by atoms with Gasteiger partial charge >= 0.3 is 0 Å². The van der Waals surface area contributed by atoms with Crippen LogP contribution in [0.3, 0.4) is 0 Å². The van der Waals surface area contributed by atoms with Gasteiger partial charge in [-0.3, -0.25) is 0 Å². The van der Waals surface area contributed by atoms with E-state index in [2.05, 4.69) is 43.9 Å². The van der Waals surface area contributed by atoms with E-state index in [0.29, 0.717) is 18.9 Å². The van der Waals surface area contributed by atoms with Crippen LogP contribution in [0.1, 0.15) is 28.7 Å². The molecule has 0 unspecified atom stereocenters. The molecule has 0 radical (unpaired) electrons. The van der Waals surface area contributed by atoms with E-state index in [4.69, 9.17) is 16.3 Å². The number of alkyl halides is 1. The second-order valence-electron chi connectivity index (χ2n) is 4.96. The summed E-state index contributed by atoms with van der Waals surface area (Å²) in [6, 6.07) is 14.3. The summed E-state index contributed by atoms with van der Waals surface area (Å²) in [5, 5.41) is 0. The summed E-state index contributed by atoms with van der Waals surface area (Å²) >= 11 is 5.66. The van der Waals surface area contributed by atoms with E-state index < -0.39 is 0 Å². The average molecular weight is 299 g/mol. The Morgan fingerprint density at radius 3 is 2.67 bits per heavy atom. The molecule has 0 aliphatic rings. The molecule has 0 atom stereocenters. The minimum Gasteiger partial charge on any atom is -0.488 e. The Balaban J connectivity index is 2.16. The topological polar surface area (TPSA) is 9.23 Å². The lowest BCUT2D eigenvalue weighted by Gasteiger charge is -2.11. The molecule has 0 aliphatic heterocycles. The average Bonchev–Trinajstić information content (AvgIpc) is 2.48. The molecule has 2 aromatic carbocycles. The zero-order valence-electron chi connectivity index (χ0n) is 12.4. The summed E-state index contributed by atoms with van der Waals surface area (Å²) in [5.74, 6) is 7.59. The maximum Gasteiger partial charge on any atom is 0.135 e. The molecule has 0 saturated carbocycles. The first kappa shape index (κ1) is 15.5. The van der Waals surface area contributed by atoms with Gasteiger partial charge in [0, 0.05) is 12.3 Å². The van der Waals surface area contributed by atoms with E-state index in [9.17, 15) is 0 Å². The van der Waals surface area contributed by atoms with Crippen molar-refractivity contribution >= 4 is 11.6 Å². The van der Waals surface area contributed by atoms with Crippen LogP contribution in [0.4, 0.5) is 0 Å². The van der Waals surface area contributed by atoms with Crippen molar-refractivity contribution in [3.8, 4) is 17.6 Å². The van der Waals surface area contributed by atoms with Gasteiger partial charge in [-0.15, -0.1) is 11.6 Å². The molecule has 0 saturated heterocycles. The quantitative estimate of drug-likeness (QED) is 0.578. The predicted molar refractivity (Wildman–Crippen MR) is 88.9 cm³/mol. The van der Waals surface area contributed by atoms with Crippen molar-refractivity contribution in [2.45, 2.75) is 26.9 Å². The van der Waals surface area contributed by atoms with Crippen molar-refractivity contribution in [2.24, 2.45) is 0 Å². The first-order valence-corrected chi connectivity index (χ1v) is 7.57. The Labute approximate surface area is 131 Å². The lowest BCUT2D eigenvalue weighted by atomic mass is 10.1. The molecule has 2 rings (SSSR count). The van der Waals surface area contributed by atoms with Gasteiger partial charge in [-0.1, -0.05) is 42.2 Å². The van der Waals surface area contributed by atoms with Gasteiger partial charge in [0.25, 0.3) is 0 Å². The van der Waals surface area contributed by atoms with E-state index in [1.165, 1.54) is 16.7 Å². The van der Waals surface area contributed by atoms with Crippen LogP contribution in [0.5, 0.6) is 5.75 Å². The van der Waals surface area contributed by atoms with Gasteiger partial charge in [-0.05, 0) is 42.7 Å². The van der Waals surface area contributed by atoms with Gasteiger partial charge in [-0.25, -0.2) is 0 Å². The summed E-state index contributed by atoms with van der Waals surface area (Å²) in [4.78, 5) is 0. The maximum atomic E-state index is 5.95. The number of benzene rings is 2. The molecule has 0 amide bonds. The second kappa shape index (κ2) is 7.76. The van der Waals surface area contributed by atoms with E-state index in [1.807, 2.05) is 24.3 Å². The highest BCUT2D eigenvalue weighted by atomic mass is 35.5. The summed E-state index contributed by atoms with van der Waals surface area (Å²) in [6.07, 6.45) is 0.687. The van der Waals surface area contributed by atoms with Crippen molar-refractivity contribution < 1.29 is 4.74 Å². The summed E-state index contributed by atoms with van der Waals surface area (Å²) in [7, 11) is 0. The van der Waals surface area contributed by atoms with Crippen molar-refractivity contribution in [1.29, 1.82) is 0 Å². The van der Waals surface area contributed by atoms with Gasteiger partial charge in [0.1, 0.15) is 12.4 Å². The van der Waals surface area contributed by atoms with E-state index >= 15 is 0 Å². The number of hydrogen-bond acceptors (Lipinski definition) is 1. The SMILES string of the molecule is Cc1ccc(OCc2ccccc2C)c(C#CCCCl)c1. The van der Waals surface area contributed by atoms with Crippen molar-refractivity contribution in [2.75, 3.05) is 5.88 Å². The van der Waals surface area contributed by atoms with Crippen LogP contribution >= 0.6 is 11.6 Å². The van der Waals surface area contributed by atoms with E-state index in [-0.39, 0.29) is 0 Å². The first-order chi connectivity index (χ1) is 10.2. The maximum absolute atomic E-state index is 5.95. The summed E-state index contributed by atoms with van der Waals surface area (Å²) in [5.41, 5.74) is 4.53. The first-order valence-electron chi connectivity index (χ1n) is 7.03. The molecule has 0 fully saturated rings. The van der Waals surface area contributed by atoms with E-state index in [0.717, 1.165) is 11.3 Å². The summed E-state index contributed by atoms with van der Waals surface area (Å²) < 4.78 is 5.95. The Morgan fingerprint density at radius 2 is 1.90 bits per heavy atom. The van der Waals surface area contributed by atoms with Crippen LogP contribution in [0, 0.1) is 25.7 Å². The van der Waals surface area contributed by atoms with Gasteiger partial charge in [-0.2, -0.15) is 0 Å². The van der Waals surface area contributed by atoms with Crippen LogP contribution in [0.2, 0.25) is 0 Å². The molecule has 0 aromatic heterocycles. The fourth-order valence-corrected chi connectivity index (χ4v) is 2.09. The molecule has 0 spiro atoms. The predicted octanol–water partition coefficient (Wildman–Crippen LogP) is 4.86. The van der Waals surface area contributed by atoms with Gasteiger partial charge < -0.3 is 4.74 Å². The van der Waals surface area contributed by atoms with Gasteiger partial charge in [0.2, 0.25) is 0 Å². The van der Waals surface area contributed by atoms with Crippen LogP contribution in [0.25, 0.3) is 0 Å².